The molecular formula is C11H17NO5. The van der Waals surface area contributed by atoms with Crippen molar-refractivity contribution in [3.05, 3.63) is 11.6 Å². The maximum atomic E-state index is 11.4. The van der Waals surface area contributed by atoms with E-state index in [1.165, 1.54) is 6.08 Å². The van der Waals surface area contributed by atoms with Crippen LogP contribution in [0.3, 0.4) is 0 Å². The van der Waals surface area contributed by atoms with Gasteiger partial charge < -0.3 is 20.3 Å². The Balaban J connectivity index is 2.51. The first-order valence-corrected chi connectivity index (χ1v) is 5.30. The lowest BCUT2D eigenvalue weighted by molar-refractivity contribution is -0.132. The van der Waals surface area contributed by atoms with Gasteiger partial charge in [0.1, 0.15) is 5.60 Å². The third-order valence-electron chi connectivity index (χ3n) is 2.20. The molecule has 1 aliphatic rings. The van der Waals surface area contributed by atoms with Crippen LogP contribution in [0.1, 0.15) is 27.2 Å². The molecular weight excluding hydrogens is 226 g/mol. The number of carbonyl (C=O) groups is 2. The lowest BCUT2D eigenvalue weighted by atomic mass is 10.1. The van der Waals surface area contributed by atoms with Crippen LogP contribution in [0.4, 0.5) is 4.79 Å². The molecule has 96 valence electrons. The molecule has 1 aliphatic carbocycles. The molecule has 0 radical (unpaired) electrons. The van der Waals surface area contributed by atoms with Crippen molar-refractivity contribution in [2.45, 2.75) is 44.9 Å². The number of aliphatic hydroxyl groups excluding tert-OH is 1. The number of nitrogens with one attached hydrogen (secondary N) is 1. The van der Waals surface area contributed by atoms with Crippen molar-refractivity contribution in [1.82, 2.24) is 5.32 Å². The van der Waals surface area contributed by atoms with Crippen LogP contribution in [0.5, 0.6) is 0 Å². The first-order valence-electron chi connectivity index (χ1n) is 5.30. The summed E-state index contributed by atoms with van der Waals surface area (Å²) in [7, 11) is 0. The summed E-state index contributed by atoms with van der Waals surface area (Å²) < 4.78 is 5.01. The number of carbonyl (C=O) groups excluding carboxylic acids is 1. The Hall–Kier alpha value is -1.56. The van der Waals surface area contributed by atoms with Gasteiger partial charge in [-0.25, -0.2) is 9.59 Å². The van der Waals surface area contributed by atoms with Crippen molar-refractivity contribution in [3.63, 3.8) is 0 Å². The number of amides is 1. The van der Waals surface area contributed by atoms with E-state index in [4.69, 9.17) is 9.84 Å². The van der Waals surface area contributed by atoms with Crippen LogP contribution in [-0.2, 0) is 9.53 Å². The normalized spacial score (nSPS) is 24.1. The molecule has 6 nitrogen and oxygen atoms in total. The second kappa shape index (κ2) is 4.75. The van der Waals surface area contributed by atoms with Gasteiger partial charge in [-0.15, -0.1) is 0 Å². The van der Waals surface area contributed by atoms with Gasteiger partial charge in [0.25, 0.3) is 0 Å². The summed E-state index contributed by atoms with van der Waals surface area (Å²) in [6.45, 7) is 5.16. The molecule has 0 aromatic carbocycles. The summed E-state index contributed by atoms with van der Waals surface area (Å²) in [5.74, 6) is -1.09. The summed E-state index contributed by atoms with van der Waals surface area (Å²) in [6.07, 6.45) is -0.338. The molecule has 0 aromatic rings. The fourth-order valence-electron chi connectivity index (χ4n) is 1.50. The van der Waals surface area contributed by atoms with E-state index in [0.717, 1.165) is 0 Å². The Morgan fingerprint density at radius 2 is 2.06 bits per heavy atom. The molecule has 1 amide bonds. The van der Waals surface area contributed by atoms with E-state index < -0.39 is 29.8 Å². The minimum atomic E-state index is -1.09. The number of rotatable bonds is 2. The average Bonchev–Trinajstić information content (AvgIpc) is 2.44. The molecule has 0 aromatic heterocycles. The lowest BCUT2D eigenvalue weighted by Gasteiger charge is -2.22. The zero-order chi connectivity index (χ0) is 13.2. The van der Waals surface area contributed by atoms with Crippen LogP contribution >= 0.6 is 0 Å². The lowest BCUT2D eigenvalue weighted by Crippen LogP contribution is -2.43. The predicted molar refractivity (Wildman–Crippen MR) is 59.5 cm³/mol. The first-order chi connectivity index (χ1) is 7.69. The van der Waals surface area contributed by atoms with Gasteiger partial charge in [-0.2, -0.15) is 0 Å². The summed E-state index contributed by atoms with van der Waals surface area (Å²) >= 11 is 0. The number of aliphatic carboxylic acids is 1. The molecule has 0 spiro atoms. The standard InChI is InChI=1S/C11H17NO5/c1-11(2,3)17-10(16)12-7-4-6(9(14)15)5-8(7)13/h5,7-8,13H,4H2,1-3H3,(H,12,16)(H,14,15). The van der Waals surface area contributed by atoms with Crippen molar-refractivity contribution in [1.29, 1.82) is 0 Å². The van der Waals surface area contributed by atoms with Crippen molar-refractivity contribution < 1.29 is 24.5 Å². The highest BCUT2D eigenvalue weighted by Crippen LogP contribution is 2.20. The van der Waals surface area contributed by atoms with Gasteiger partial charge in [0.2, 0.25) is 0 Å². The van der Waals surface area contributed by atoms with Gasteiger partial charge in [0.15, 0.2) is 0 Å². The highest BCUT2D eigenvalue weighted by molar-refractivity contribution is 5.87. The zero-order valence-corrected chi connectivity index (χ0v) is 10.1. The van der Waals surface area contributed by atoms with Gasteiger partial charge in [-0.05, 0) is 26.8 Å². The Morgan fingerprint density at radius 3 is 2.47 bits per heavy atom. The highest BCUT2D eigenvalue weighted by atomic mass is 16.6. The molecule has 3 N–H and O–H groups in total. The molecule has 0 aliphatic heterocycles. The second-order valence-corrected chi connectivity index (χ2v) is 4.94. The summed E-state index contributed by atoms with van der Waals surface area (Å²) in [5.41, 5.74) is -0.532. The van der Waals surface area contributed by atoms with E-state index in [1.54, 1.807) is 20.8 Å². The van der Waals surface area contributed by atoms with E-state index in [-0.39, 0.29) is 12.0 Å². The topological polar surface area (TPSA) is 95.9 Å². The van der Waals surface area contributed by atoms with Gasteiger partial charge in [-0.1, -0.05) is 0 Å². The van der Waals surface area contributed by atoms with E-state index in [2.05, 4.69) is 5.32 Å². The number of carboxylic acid groups (broad SMARTS) is 1. The molecule has 1 rings (SSSR count). The van der Waals surface area contributed by atoms with Gasteiger partial charge in [-0.3, -0.25) is 0 Å². The highest BCUT2D eigenvalue weighted by Gasteiger charge is 2.31. The molecule has 17 heavy (non-hydrogen) atoms. The quantitative estimate of drug-likeness (QED) is 0.662. The number of carboxylic acids is 1. The number of alkyl carbamates (subject to hydrolysis) is 1. The monoisotopic (exact) mass is 243 g/mol. The van der Waals surface area contributed by atoms with E-state index in [1.807, 2.05) is 0 Å². The molecule has 0 heterocycles. The smallest absolute Gasteiger partial charge is 0.407 e. The molecule has 0 saturated heterocycles. The van der Waals surface area contributed by atoms with Crippen LogP contribution in [0, 0.1) is 0 Å². The second-order valence-electron chi connectivity index (χ2n) is 4.94. The Morgan fingerprint density at radius 1 is 1.47 bits per heavy atom. The number of aliphatic hydroxyl groups is 1. The Kier molecular flexibility index (Phi) is 3.77. The van der Waals surface area contributed by atoms with Crippen molar-refractivity contribution in [3.8, 4) is 0 Å². The minimum absolute atomic E-state index is 0.0930. The third-order valence-corrected chi connectivity index (χ3v) is 2.20. The van der Waals surface area contributed by atoms with Crippen LogP contribution < -0.4 is 5.32 Å². The summed E-state index contributed by atoms with van der Waals surface area (Å²) in [5, 5.41) is 20.7. The maximum absolute atomic E-state index is 11.4. The zero-order valence-electron chi connectivity index (χ0n) is 10.1. The molecule has 0 bridgehead atoms. The molecule has 0 saturated carbocycles. The van der Waals surface area contributed by atoms with Crippen molar-refractivity contribution in [2.75, 3.05) is 0 Å². The molecule has 2 atom stereocenters. The van der Waals surface area contributed by atoms with E-state index >= 15 is 0 Å². The van der Waals surface area contributed by atoms with Crippen LogP contribution in [-0.4, -0.2) is 40.0 Å². The third kappa shape index (κ3) is 4.07. The fraction of sp³-hybridized carbons (Fsp3) is 0.636. The van der Waals surface area contributed by atoms with E-state index in [0.29, 0.717) is 0 Å². The summed E-state index contributed by atoms with van der Waals surface area (Å²) in [4.78, 5) is 22.1. The predicted octanol–water partition coefficient (Wildman–Crippen LogP) is 0.655. The largest absolute Gasteiger partial charge is 0.478 e. The fourth-order valence-corrected chi connectivity index (χ4v) is 1.50. The minimum Gasteiger partial charge on any atom is -0.478 e. The van der Waals surface area contributed by atoms with Crippen molar-refractivity contribution >= 4 is 12.1 Å². The maximum Gasteiger partial charge on any atom is 0.407 e. The van der Waals surface area contributed by atoms with Crippen LogP contribution in [0.15, 0.2) is 11.6 Å². The Bertz CT molecular complexity index is 355. The van der Waals surface area contributed by atoms with Crippen molar-refractivity contribution in [2.24, 2.45) is 0 Å². The molecule has 0 fully saturated rings. The SMILES string of the molecule is CC(C)(C)OC(=O)NC1CC(C(=O)O)=CC1O. The van der Waals surface area contributed by atoms with Crippen LogP contribution in [0.2, 0.25) is 0 Å². The number of hydrogen-bond acceptors (Lipinski definition) is 4. The summed E-state index contributed by atoms with van der Waals surface area (Å²) in [6, 6.07) is -0.643. The number of hydrogen-bond donors (Lipinski definition) is 3. The average molecular weight is 243 g/mol. The van der Waals surface area contributed by atoms with Gasteiger partial charge in [0.05, 0.1) is 12.1 Å². The van der Waals surface area contributed by atoms with E-state index in [9.17, 15) is 14.7 Å². The Labute approximate surface area is 99.3 Å². The molecule has 6 heteroatoms. The van der Waals surface area contributed by atoms with Gasteiger partial charge >= 0.3 is 12.1 Å². The first kappa shape index (κ1) is 13.5. The van der Waals surface area contributed by atoms with Gasteiger partial charge in [0, 0.05) is 12.0 Å². The number of ether oxygens (including phenoxy) is 1. The van der Waals surface area contributed by atoms with Crippen LogP contribution in [0.25, 0.3) is 0 Å². The molecule has 2 unspecified atom stereocenters.